The number of aryl methyl sites for hydroxylation is 3. The van der Waals surface area contributed by atoms with Crippen molar-refractivity contribution in [1.82, 2.24) is 10.1 Å². The van der Waals surface area contributed by atoms with E-state index in [0.29, 0.717) is 10.7 Å². The van der Waals surface area contributed by atoms with Crippen molar-refractivity contribution in [2.24, 2.45) is 0 Å². The lowest BCUT2D eigenvalue weighted by Gasteiger charge is -2.10. The van der Waals surface area contributed by atoms with Gasteiger partial charge in [-0.2, -0.15) is 4.98 Å². The normalized spacial score (nSPS) is 11.7. The molecular weight excluding hydrogens is 404 g/mol. The molecule has 2 aromatic carbocycles. The van der Waals surface area contributed by atoms with Gasteiger partial charge < -0.3 is 4.52 Å². The summed E-state index contributed by atoms with van der Waals surface area (Å²) in [6.07, 6.45) is 0. The fourth-order valence-electron chi connectivity index (χ4n) is 2.96. The quantitative estimate of drug-likeness (QED) is 0.625. The molecule has 0 aliphatic carbocycles. The van der Waals surface area contributed by atoms with E-state index in [0.717, 1.165) is 26.7 Å². The monoisotopic (exact) mass is 420 g/mol. The van der Waals surface area contributed by atoms with E-state index in [1.165, 1.54) is 0 Å². The third kappa shape index (κ3) is 3.67. The Morgan fingerprint density at radius 1 is 1.08 bits per heavy atom. The molecule has 0 aliphatic rings. The van der Waals surface area contributed by atoms with Gasteiger partial charge in [-0.05, 0) is 44.0 Å². The Hall–Kier alpha value is -1.99. The Bertz CT molecular complexity index is 1020. The molecule has 0 saturated heterocycles. The van der Waals surface area contributed by atoms with E-state index >= 15 is 0 Å². The highest BCUT2D eigenvalue weighted by Crippen LogP contribution is 2.28. The van der Waals surface area contributed by atoms with Crippen molar-refractivity contribution in [2.45, 2.75) is 31.4 Å². The molecule has 5 nitrogen and oxygen atoms in total. The van der Waals surface area contributed by atoms with E-state index in [1.54, 1.807) is 13.8 Å². The zero-order valence-electron chi connectivity index (χ0n) is 14.1. The largest absolute Gasteiger partial charge is 0.338 e. The Balaban J connectivity index is 1.94. The first-order chi connectivity index (χ1) is 11.8. The number of halogens is 1. The van der Waals surface area contributed by atoms with E-state index in [4.69, 9.17) is 4.52 Å². The smallest absolute Gasteiger partial charge is 0.242 e. The van der Waals surface area contributed by atoms with Crippen molar-refractivity contribution < 1.29 is 12.9 Å². The zero-order chi connectivity index (χ0) is 18.2. The third-order valence-corrected chi connectivity index (χ3v) is 6.40. The minimum Gasteiger partial charge on any atom is -0.338 e. The van der Waals surface area contributed by atoms with Crippen LogP contribution in [0.2, 0.25) is 0 Å². The van der Waals surface area contributed by atoms with Gasteiger partial charge in [-0.15, -0.1) is 0 Å². The maximum atomic E-state index is 12.8. The molecule has 0 atom stereocenters. The molecule has 0 saturated carbocycles. The lowest BCUT2D eigenvalue weighted by Crippen LogP contribution is -2.09. The van der Waals surface area contributed by atoms with E-state index in [9.17, 15) is 8.42 Å². The Morgan fingerprint density at radius 3 is 2.36 bits per heavy atom. The molecule has 1 aromatic heterocycles. The topological polar surface area (TPSA) is 73.1 Å². The molecule has 130 valence electrons. The summed E-state index contributed by atoms with van der Waals surface area (Å²) in [7, 11) is -3.58. The summed E-state index contributed by atoms with van der Waals surface area (Å²) in [5.41, 5.74) is 3.23. The summed E-state index contributed by atoms with van der Waals surface area (Å²) in [4.78, 5) is 4.57. The highest BCUT2D eigenvalue weighted by Gasteiger charge is 2.24. The van der Waals surface area contributed by atoms with Crippen LogP contribution in [0.5, 0.6) is 0 Å². The van der Waals surface area contributed by atoms with Crippen LogP contribution in [0, 0.1) is 20.8 Å². The second-order valence-corrected chi connectivity index (χ2v) is 8.76. The Labute approximate surface area is 155 Å². The number of sulfone groups is 1. The van der Waals surface area contributed by atoms with Gasteiger partial charge in [-0.1, -0.05) is 50.9 Å². The van der Waals surface area contributed by atoms with Gasteiger partial charge in [0.15, 0.2) is 9.84 Å². The first-order valence-electron chi connectivity index (χ1n) is 7.66. The van der Waals surface area contributed by atoms with E-state index in [2.05, 4.69) is 26.1 Å². The predicted molar refractivity (Wildman–Crippen MR) is 99.0 cm³/mol. The zero-order valence-corrected chi connectivity index (χ0v) is 16.5. The van der Waals surface area contributed by atoms with Crippen LogP contribution in [0.15, 0.2) is 50.3 Å². The Kier molecular flexibility index (Phi) is 4.79. The lowest BCUT2D eigenvalue weighted by molar-refractivity contribution is 0.389. The first kappa shape index (κ1) is 17.8. The molecular formula is C18H17BrN2O3S. The number of hydrogen-bond acceptors (Lipinski definition) is 5. The van der Waals surface area contributed by atoms with Crippen LogP contribution in [-0.2, 0) is 15.6 Å². The molecule has 0 N–H and O–H groups in total. The van der Waals surface area contributed by atoms with Gasteiger partial charge in [0, 0.05) is 10.0 Å². The number of rotatable bonds is 4. The molecule has 0 unspecified atom stereocenters. The van der Waals surface area contributed by atoms with Gasteiger partial charge >= 0.3 is 0 Å². The molecule has 0 spiro atoms. The highest BCUT2D eigenvalue weighted by molar-refractivity contribution is 9.10. The van der Waals surface area contributed by atoms with Crippen molar-refractivity contribution in [3.8, 4) is 11.4 Å². The summed E-state index contributed by atoms with van der Waals surface area (Å²) in [6.45, 7) is 5.54. The summed E-state index contributed by atoms with van der Waals surface area (Å²) < 4.78 is 31.6. The number of nitrogens with zero attached hydrogens (tertiary/aromatic N) is 2. The second-order valence-electron chi connectivity index (χ2n) is 5.98. The van der Waals surface area contributed by atoms with Crippen molar-refractivity contribution in [1.29, 1.82) is 0 Å². The molecule has 0 amide bonds. The van der Waals surface area contributed by atoms with Crippen LogP contribution in [0.25, 0.3) is 11.4 Å². The van der Waals surface area contributed by atoms with Gasteiger partial charge in [0.05, 0.1) is 4.90 Å². The maximum absolute atomic E-state index is 12.8. The van der Waals surface area contributed by atoms with E-state index < -0.39 is 9.84 Å². The third-order valence-electron chi connectivity index (χ3n) is 3.81. The fraction of sp³-hybridized carbons (Fsp3) is 0.222. The lowest BCUT2D eigenvalue weighted by atomic mass is 10.1. The van der Waals surface area contributed by atoms with Gasteiger partial charge in [-0.3, -0.25) is 0 Å². The molecule has 0 fully saturated rings. The minimum absolute atomic E-state index is 0.0742. The predicted octanol–water partition coefficient (Wildman–Crippen LogP) is 4.40. The van der Waals surface area contributed by atoms with Crippen molar-refractivity contribution >= 4 is 25.8 Å². The van der Waals surface area contributed by atoms with Gasteiger partial charge in [0.1, 0.15) is 5.75 Å². The molecule has 25 heavy (non-hydrogen) atoms. The summed E-state index contributed by atoms with van der Waals surface area (Å²) >= 11 is 3.43. The molecule has 0 bridgehead atoms. The van der Waals surface area contributed by atoms with E-state index in [1.807, 2.05) is 43.3 Å². The van der Waals surface area contributed by atoms with Crippen LogP contribution in [-0.4, -0.2) is 18.6 Å². The second kappa shape index (κ2) is 6.72. The summed E-state index contributed by atoms with van der Waals surface area (Å²) in [5.74, 6) is 0.106. The molecule has 7 heteroatoms. The highest BCUT2D eigenvalue weighted by atomic mass is 79.9. The molecule has 0 radical (unpaired) electrons. The van der Waals surface area contributed by atoms with Gasteiger partial charge in [-0.25, -0.2) is 8.42 Å². The number of benzene rings is 2. The van der Waals surface area contributed by atoms with Crippen LogP contribution in [0.4, 0.5) is 0 Å². The average Bonchev–Trinajstić information content (AvgIpc) is 2.93. The standard InChI is InChI=1S/C18H17BrN2O3S/c1-11-8-12(2)17(13(3)9-11)25(22,23)10-16-20-18(21-24-16)14-6-4-5-7-15(14)19/h4-9H,10H2,1-3H3. The molecule has 1 heterocycles. The molecule has 3 rings (SSSR count). The maximum Gasteiger partial charge on any atom is 0.242 e. The minimum atomic E-state index is -3.58. The van der Waals surface area contributed by atoms with Crippen LogP contribution in [0.3, 0.4) is 0 Å². The SMILES string of the molecule is Cc1cc(C)c(S(=O)(=O)Cc2nc(-c3ccccc3Br)no2)c(C)c1. The summed E-state index contributed by atoms with van der Waals surface area (Å²) in [6, 6.07) is 11.1. The first-order valence-corrected chi connectivity index (χ1v) is 10.1. The van der Waals surface area contributed by atoms with Gasteiger partial charge in [0.25, 0.3) is 0 Å². The van der Waals surface area contributed by atoms with Crippen molar-refractivity contribution in [3.05, 3.63) is 63.5 Å². The van der Waals surface area contributed by atoms with Crippen LogP contribution < -0.4 is 0 Å². The number of hydrogen-bond donors (Lipinski definition) is 0. The van der Waals surface area contributed by atoms with Crippen molar-refractivity contribution in [3.63, 3.8) is 0 Å². The summed E-state index contributed by atoms with van der Waals surface area (Å²) in [5, 5.41) is 3.90. The molecule has 3 aromatic rings. The average molecular weight is 421 g/mol. The van der Waals surface area contributed by atoms with E-state index in [-0.39, 0.29) is 11.6 Å². The van der Waals surface area contributed by atoms with Gasteiger partial charge in [0.2, 0.25) is 11.7 Å². The van der Waals surface area contributed by atoms with Crippen LogP contribution >= 0.6 is 15.9 Å². The fourth-order valence-corrected chi connectivity index (χ4v) is 5.11. The number of aromatic nitrogens is 2. The molecule has 0 aliphatic heterocycles. The Morgan fingerprint density at radius 2 is 1.72 bits per heavy atom. The van der Waals surface area contributed by atoms with Crippen molar-refractivity contribution in [2.75, 3.05) is 0 Å². The van der Waals surface area contributed by atoms with Crippen LogP contribution in [0.1, 0.15) is 22.6 Å².